The highest BCUT2D eigenvalue weighted by Crippen LogP contribution is 2.29. The van der Waals surface area contributed by atoms with Crippen molar-refractivity contribution in [1.29, 1.82) is 0 Å². The van der Waals surface area contributed by atoms with Gasteiger partial charge in [-0.05, 0) is 72.5 Å². The Morgan fingerprint density at radius 1 is 0.875 bits per heavy atom. The molecule has 4 aromatic carbocycles. The summed E-state index contributed by atoms with van der Waals surface area (Å²) in [6.45, 7) is 4.43. The summed E-state index contributed by atoms with van der Waals surface area (Å²) in [6, 6.07) is 31.3. The van der Waals surface area contributed by atoms with Gasteiger partial charge in [0.05, 0.1) is 22.6 Å². The molecule has 0 saturated carbocycles. The van der Waals surface area contributed by atoms with Crippen LogP contribution in [0.5, 0.6) is 0 Å². The van der Waals surface area contributed by atoms with Gasteiger partial charge in [-0.2, -0.15) is 0 Å². The van der Waals surface area contributed by atoms with E-state index in [0.29, 0.717) is 46.1 Å². The molecule has 7 heteroatoms. The minimum Gasteiger partial charge on any atom is -0.310 e. The molecular formula is C33H31ClN4O2. The Kier molecular flexibility index (Phi) is 8.27. The number of rotatable bonds is 8. The maximum atomic E-state index is 14.0. The number of nitrogens with one attached hydrogen (secondary N) is 1. The zero-order valence-corrected chi connectivity index (χ0v) is 23.3. The second-order valence-corrected chi connectivity index (χ2v) is 10.1. The first-order valence-electron chi connectivity index (χ1n) is 13.5. The van der Waals surface area contributed by atoms with Crippen molar-refractivity contribution in [3.63, 3.8) is 0 Å². The molecule has 0 spiro atoms. The predicted octanol–water partition coefficient (Wildman–Crippen LogP) is 7.79. The number of para-hydroxylation sites is 1. The molecule has 1 N–H and O–H groups in total. The highest BCUT2D eigenvalue weighted by atomic mass is 35.5. The van der Waals surface area contributed by atoms with Crippen LogP contribution in [-0.2, 0) is 13.0 Å². The van der Waals surface area contributed by atoms with Crippen molar-refractivity contribution in [2.75, 3.05) is 5.32 Å². The zero-order valence-electron chi connectivity index (χ0n) is 22.5. The fourth-order valence-electron chi connectivity index (χ4n) is 4.88. The van der Waals surface area contributed by atoms with Crippen LogP contribution in [0.2, 0.25) is 5.02 Å². The van der Waals surface area contributed by atoms with E-state index in [1.807, 2.05) is 79.7 Å². The molecule has 0 radical (unpaired) electrons. The number of anilines is 1. The van der Waals surface area contributed by atoms with Crippen molar-refractivity contribution < 1.29 is 4.79 Å². The SMILES string of the molecule is CCc1ccc(-n2c(C(CC)N(Cc3ccccc3)C(=O)Nc3ccc(Cl)cc3)nc3ccccc3c2=O)cc1. The summed E-state index contributed by atoms with van der Waals surface area (Å²) in [5.41, 5.74) is 3.91. The predicted molar refractivity (Wildman–Crippen MR) is 162 cm³/mol. The van der Waals surface area contributed by atoms with Crippen LogP contribution in [-0.4, -0.2) is 20.5 Å². The van der Waals surface area contributed by atoms with Gasteiger partial charge in [-0.3, -0.25) is 9.36 Å². The number of benzene rings is 4. The summed E-state index contributed by atoms with van der Waals surface area (Å²) >= 11 is 6.06. The van der Waals surface area contributed by atoms with Gasteiger partial charge in [0.25, 0.3) is 5.56 Å². The lowest BCUT2D eigenvalue weighted by atomic mass is 10.1. The number of aromatic nitrogens is 2. The highest BCUT2D eigenvalue weighted by Gasteiger charge is 2.29. The number of aryl methyl sites for hydroxylation is 1. The van der Waals surface area contributed by atoms with Crippen molar-refractivity contribution in [2.45, 2.75) is 39.3 Å². The molecule has 1 atom stereocenters. The number of nitrogens with zero attached hydrogens (tertiary/aromatic N) is 3. The third-order valence-corrected chi connectivity index (χ3v) is 7.27. The fourth-order valence-corrected chi connectivity index (χ4v) is 5.00. The quantitative estimate of drug-likeness (QED) is 0.214. The van der Waals surface area contributed by atoms with Gasteiger partial charge < -0.3 is 10.2 Å². The van der Waals surface area contributed by atoms with Gasteiger partial charge in [0, 0.05) is 17.3 Å². The van der Waals surface area contributed by atoms with Crippen LogP contribution in [0.4, 0.5) is 10.5 Å². The van der Waals surface area contributed by atoms with Gasteiger partial charge in [0.15, 0.2) is 0 Å². The second-order valence-electron chi connectivity index (χ2n) is 9.62. The van der Waals surface area contributed by atoms with Crippen LogP contribution in [0.1, 0.15) is 43.3 Å². The Balaban J connectivity index is 1.66. The molecule has 6 nitrogen and oxygen atoms in total. The molecule has 0 saturated heterocycles. The number of fused-ring (bicyclic) bond motifs is 1. The monoisotopic (exact) mass is 550 g/mol. The van der Waals surface area contributed by atoms with Crippen LogP contribution in [0.15, 0.2) is 108 Å². The summed E-state index contributed by atoms with van der Waals surface area (Å²) < 4.78 is 1.66. The molecule has 5 aromatic rings. The van der Waals surface area contributed by atoms with Gasteiger partial charge in [0.1, 0.15) is 5.82 Å². The second kappa shape index (κ2) is 12.2. The van der Waals surface area contributed by atoms with Crippen molar-refractivity contribution in [3.8, 4) is 5.69 Å². The molecule has 0 fully saturated rings. The van der Waals surface area contributed by atoms with Gasteiger partial charge in [0.2, 0.25) is 0 Å². The van der Waals surface area contributed by atoms with Crippen molar-refractivity contribution in [1.82, 2.24) is 14.5 Å². The number of urea groups is 1. The minimum absolute atomic E-state index is 0.166. The molecule has 5 rings (SSSR count). The van der Waals surface area contributed by atoms with Gasteiger partial charge in [-0.25, -0.2) is 9.78 Å². The first-order valence-corrected chi connectivity index (χ1v) is 13.8. The normalized spacial score (nSPS) is 11.8. The van der Waals surface area contributed by atoms with E-state index < -0.39 is 6.04 Å². The van der Waals surface area contributed by atoms with E-state index in [0.717, 1.165) is 12.0 Å². The molecule has 1 unspecified atom stereocenters. The van der Waals surface area contributed by atoms with E-state index in [4.69, 9.17) is 16.6 Å². The van der Waals surface area contributed by atoms with Gasteiger partial charge in [-0.1, -0.05) is 80.0 Å². The molecule has 40 heavy (non-hydrogen) atoms. The number of hydrogen-bond donors (Lipinski definition) is 1. The van der Waals surface area contributed by atoms with E-state index in [1.54, 1.807) is 39.8 Å². The third kappa shape index (κ3) is 5.77. The minimum atomic E-state index is -0.504. The van der Waals surface area contributed by atoms with Crippen LogP contribution < -0.4 is 10.9 Å². The van der Waals surface area contributed by atoms with Gasteiger partial charge >= 0.3 is 6.03 Å². The molecule has 0 aliphatic rings. The zero-order chi connectivity index (χ0) is 28.1. The molecule has 0 aliphatic carbocycles. The van der Waals surface area contributed by atoms with Crippen LogP contribution in [0.3, 0.4) is 0 Å². The first kappa shape index (κ1) is 27.2. The van der Waals surface area contributed by atoms with Crippen LogP contribution >= 0.6 is 11.6 Å². The Labute approximate surface area is 238 Å². The van der Waals surface area contributed by atoms with E-state index in [2.05, 4.69) is 12.2 Å². The topological polar surface area (TPSA) is 67.2 Å². The Bertz CT molecular complexity index is 1670. The maximum absolute atomic E-state index is 14.0. The summed E-state index contributed by atoms with van der Waals surface area (Å²) in [4.78, 5) is 34.7. The number of hydrogen-bond acceptors (Lipinski definition) is 3. The largest absolute Gasteiger partial charge is 0.322 e. The van der Waals surface area contributed by atoms with Crippen molar-refractivity contribution in [2.24, 2.45) is 0 Å². The number of carbonyl (C=O) groups excluding carboxylic acids is 1. The van der Waals surface area contributed by atoms with E-state index >= 15 is 0 Å². The van der Waals surface area contributed by atoms with Gasteiger partial charge in [-0.15, -0.1) is 0 Å². The van der Waals surface area contributed by atoms with Crippen molar-refractivity contribution in [3.05, 3.63) is 135 Å². The first-order chi connectivity index (χ1) is 19.5. The third-order valence-electron chi connectivity index (χ3n) is 7.02. The van der Waals surface area contributed by atoms with E-state index in [1.165, 1.54) is 5.56 Å². The number of carbonyl (C=O) groups is 1. The molecule has 0 aliphatic heterocycles. The highest BCUT2D eigenvalue weighted by molar-refractivity contribution is 6.30. The number of halogens is 1. The van der Waals surface area contributed by atoms with Crippen LogP contribution in [0.25, 0.3) is 16.6 Å². The molecule has 2 amide bonds. The summed E-state index contributed by atoms with van der Waals surface area (Å²) in [5, 5.41) is 4.13. The van der Waals surface area contributed by atoms with E-state index in [9.17, 15) is 9.59 Å². The average molecular weight is 551 g/mol. The lowest BCUT2D eigenvalue weighted by Gasteiger charge is -2.32. The molecule has 1 heterocycles. The molecule has 1 aromatic heterocycles. The maximum Gasteiger partial charge on any atom is 0.322 e. The lowest BCUT2D eigenvalue weighted by Crippen LogP contribution is -2.40. The molecule has 0 bridgehead atoms. The smallest absolute Gasteiger partial charge is 0.310 e. The Morgan fingerprint density at radius 3 is 2.23 bits per heavy atom. The number of amides is 2. The fraction of sp³-hybridized carbons (Fsp3) is 0.182. The molecular weight excluding hydrogens is 520 g/mol. The summed E-state index contributed by atoms with van der Waals surface area (Å²) in [5.74, 6) is 0.512. The molecule has 202 valence electrons. The Morgan fingerprint density at radius 2 is 1.55 bits per heavy atom. The van der Waals surface area contributed by atoms with E-state index in [-0.39, 0.29) is 11.6 Å². The van der Waals surface area contributed by atoms with Crippen LogP contribution in [0, 0.1) is 0 Å². The summed E-state index contributed by atoms with van der Waals surface area (Å²) in [7, 11) is 0. The standard InChI is InChI=1S/C33H31ClN4O2/c1-3-23-14-20-27(21-15-23)38-31(36-29-13-9-8-12-28(29)32(38)39)30(4-2)37(22-24-10-6-5-7-11-24)33(40)35-26-18-16-25(34)17-19-26/h5-21,30H,3-4,22H2,1-2H3,(H,35,40). The Hall–Kier alpha value is -4.42. The van der Waals surface area contributed by atoms with Crippen molar-refractivity contribution >= 4 is 34.2 Å². The summed E-state index contributed by atoms with van der Waals surface area (Å²) in [6.07, 6.45) is 1.43. The lowest BCUT2D eigenvalue weighted by molar-refractivity contribution is 0.177. The average Bonchev–Trinajstić information content (AvgIpc) is 2.99.